The first-order valence-electron chi connectivity index (χ1n) is 7.89. The summed E-state index contributed by atoms with van der Waals surface area (Å²) in [7, 11) is 0. The number of esters is 1. The third-order valence-corrected chi connectivity index (χ3v) is 5.17. The summed E-state index contributed by atoms with van der Waals surface area (Å²) in [5, 5.41) is 0. The fraction of sp³-hybridized carbons (Fsp3) is 0.588. The normalized spacial score (nSPS) is 25.5. The molecule has 0 radical (unpaired) electrons. The van der Waals surface area contributed by atoms with Crippen LogP contribution < -0.4 is 0 Å². The molecule has 0 unspecified atom stereocenters. The van der Waals surface area contributed by atoms with Gasteiger partial charge in [-0.05, 0) is 32.3 Å². The standard InChI is InChI=1S/C17H22O4S/c1-12(20-11-13-5-4-9-19-13)17(18)21-15-8-10-22-16-7-3-2-6-14(15)16/h2-3,6-7,12-13,15H,4-5,8-11H2,1H3/t12-,13+,15+/m1/s1. The molecule has 0 N–H and O–H groups in total. The second kappa shape index (κ2) is 7.49. The van der Waals surface area contributed by atoms with E-state index in [4.69, 9.17) is 14.2 Å². The van der Waals surface area contributed by atoms with Gasteiger partial charge in [0.15, 0.2) is 6.10 Å². The van der Waals surface area contributed by atoms with Crippen molar-refractivity contribution in [1.29, 1.82) is 0 Å². The number of rotatable bonds is 5. The number of hydrogen-bond donors (Lipinski definition) is 0. The van der Waals surface area contributed by atoms with Crippen LogP contribution in [-0.4, -0.2) is 37.1 Å². The molecule has 0 saturated carbocycles. The van der Waals surface area contributed by atoms with Crippen LogP contribution in [0.3, 0.4) is 0 Å². The van der Waals surface area contributed by atoms with Crippen molar-refractivity contribution < 1.29 is 19.0 Å². The van der Waals surface area contributed by atoms with Crippen LogP contribution in [0.4, 0.5) is 0 Å². The lowest BCUT2D eigenvalue weighted by Crippen LogP contribution is -2.29. The second-order valence-corrected chi connectivity index (χ2v) is 6.85. The first-order valence-corrected chi connectivity index (χ1v) is 8.88. The fourth-order valence-corrected chi connectivity index (χ4v) is 3.86. The van der Waals surface area contributed by atoms with Crippen molar-refractivity contribution in [1.82, 2.24) is 0 Å². The van der Waals surface area contributed by atoms with Gasteiger partial charge < -0.3 is 14.2 Å². The highest BCUT2D eigenvalue weighted by Gasteiger charge is 2.27. The maximum absolute atomic E-state index is 12.2. The quantitative estimate of drug-likeness (QED) is 0.778. The molecule has 0 amide bonds. The van der Waals surface area contributed by atoms with Gasteiger partial charge in [-0.1, -0.05) is 18.2 Å². The van der Waals surface area contributed by atoms with Crippen molar-refractivity contribution in [3.05, 3.63) is 29.8 Å². The van der Waals surface area contributed by atoms with E-state index in [1.165, 1.54) is 4.90 Å². The molecular formula is C17H22O4S. The van der Waals surface area contributed by atoms with E-state index in [9.17, 15) is 4.79 Å². The highest BCUT2D eigenvalue weighted by atomic mass is 32.2. The Balaban J connectivity index is 1.53. The zero-order chi connectivity index (χ0) is 15.4. The van der Waals surface area contributed by atoms with Crippen LogP contribution in [0.1, 0.15) is 37.9 Å². The molecule has 0 bridgehead atoms. The fourth-order valence-electron chi connectivity index (χ4n) is 2.76. The molecule has 5 heteroatoms. The summed E-state index contributed by atoms with van der Waals surface area (Å²) in [6, 6.07) is 8.13. The lowest BCUT2D eigenvalue weighted by atomic mass is 10.1. The first-order chi connectivity index (χ1) is 10.7. The number of benzene rings is 1. The van der Waals surface area contributed by atoms with Crippen LogP contribution in [0.25, 0.3) is 0 Å². The molecule has 1 aromatic carbocycles. The third kappa shape index (κ3) is 3.83. The lowest BCUT2D eigenvalue weighted by Gasteiger charge is -2.26. The second-order valence-electron chi connectivity index (χ2n) is 5.71. The third-order valence-electron chi connectivity index (χ3n) is 4.05. The Morgan fingerprint density at radius 1 is 1.41 bits per heavy atom. The number of thioether (sulfide) groups is 1. The van der Waals surface area contributed by atoms with Crippen molar-refractivity contribution in [2.75, 3.05) is 19.0 Å². The summed E-state index contributed by atoms with van der Waals surface area (Å²) in [5.41, 5.74) is 1.11. The summed E-state index contributed by atoms with van der Waals surface area (Å²) < 4.78 is 16.8. The van der Waals surface area contributed by atoms with Gasteiger partial charge in [0, 0.05) is 22.8 Å². The molecule has 4 nitrogen and oxygen atoms in total. The molecule has 3 atom stereocenters. The number of fused-ring (bicyclic) bond motifs is 1. The zero-order valence-electron chi connectivity index (χ0n) is 12.8. The largest absolute Gasteiger partial charge is 0.456 e. The average molecular weight is 322 g/mol. The predicted octanol–water partition coefficient (Wildman–Crippen LogP) is 3.35. The molecule has 1 fully saturated rings. The van der Waals surface area contributed by atoms with E-state index in [2.05, 4.69) is 6.07 Å². The smallest absolute Gasteiger partial charge is 0.335 e. The van der Waals surface area contributed by atoms with Gasteiger partial charge in [0.25, 0.3) is 0 Å². The maximum atomic E-state index is 12.2. The Bertz CT molecular complexity index is 513. The van der Waals surface area contributed by atoms with Gasteiger partial charge in [0.05, 0.1) is 12.7 Å². The number of carbonyl (C=O) groups excluding carboxylic acids is 1. The molecule has 2 aliphatic heterocycles. The molecule has 2 aliphatic rings. The Labute approximate surface area is 135 Å². The minimum absolute atomic E-state index is 0.127. The van der Waals surface area contributed by atoms with E-state index < -0.39 is 6.10 Å². The first kappa shape index (κ1) is 15.8. The van der Waals surface area contributed by atoms with Gasteiger partial charge in [-0.2, -0.15) is 0 Å². The van der Waals surface area contributed by atoms with E-state index in [1.807, 2.05) is 30.0 Å². The van der Waals surface area contributed by atoms with Crippen LogP contribution in [0.5, 0.6) is 0 Å². The van der Waals surface area contributed by atoms with Gasteiger partial charge in [-0.15, -0.1) is 11.8 Å². The van der Waals surface area contributed by atoms with E-state index in [-0.39, 0.29) is 18.2 Å². The van der Waals surface area contributed by atoms with Crippen molar-refractivity contribution in [2.24, 2.45) is 0 Å². The van der Waals surface area contributed by atoms with Crippen LogP contribution in [0, 0.1) is 0 Å². The van der Waals surface area contributed by atoms with Gasteiger partial charge in [0.2, 0.25) is 0 Å². The van der Waals surface area contributed by atoms with Gasteiger partial charge in [-0.3, -0.25) is 0 Å². The SMILES string of the molecule is C[C@@H](OC[C@@H]1CCCO1)C(=O)O[C@H]1CCSc2ccccc21. The van der Waals surface area contributed by atoms with E-state index in [1.54, 1.807) is 6.92 Å². The highest BCUT2D eigenvalue weighted by molar-refractivity contribution is 7.99. The van der Waals surface area contributed by atoms with Crippen molar-refractivity contribution in [3.63, 3.8) is 0 Å². The summed E-state index contributed by atoms with van der Waals surface area (Å²) in [4.78, 5) is 13.4. The van der Waals surface area contributed by atoms with Crippen LogP contribution >= 0.6 is 11.8 Å². The summed E-state index contributed by atoms with van der Waals surface area (Å²) in [6.45, 7) is 3.01. The minimum Gasteiger partial charge on any atom is -0.456 e. The molecule has 1 saturated heterocycles. The molecule has 2 heterocycles. The highest BCUT2D eigenvalue weighted by Crippen LogP contribution is 2.38. The molecule has 0 aliphatic carbocycles. The van der Waals surface area contributed by atoms with Gasteiger partial charge in [-0.25, -0.2) is 4.79 Å². The van der Waals surface area contributed by atoms with E-state index >= 15 is 0 Å². The monoisotopic (exact) mass is 322 g/mol. The minimum atomic E-state index is -0.550. The molecule has 1 aromatic rings. The van der Waals surface area contributed by atoms with Gasteiger partial charge in [0.1, 0.15) is 6.10 Å². The van der Waals surface area contributed by atoms with Crippen LogP contribution in [0.2, 0.25) is 0 Å². The lowest BCUT2D eigenvalue weighted by molar-refractivity contribution is -0.164. The molecule has 22 heavy (non-hydrogen) atoms. The van der Waals surface area contributed by atoms with E-state index in [0.717, 1.165) is 37.2 Å². The zero-order valence-corrected chi connectivity index (χ0v) is 13.6. The van der Waals surface area contributed by atoms with Crippen LogP contribution in [-0.2, 0) is 19.0 Å². The number of ether oxygens (including phenoxy) is 3. The molecular weight excluding hydrogens is 300 g/mol. The Morgan fingerprint density at radius 2 is 2.27 bits per heavy atom. The topological polar surface area (TPSA) is 44.8 Å². The average Bonchev–Trinajstić information content (AvgIpc) is 3.06. The maximum Gasteiger partial charge on any atom is 0.335 e. The van der Waals surface area contributed by atoms with Gasteiger partial charge >= 0.3 is 5.97 Å². The molecule has 3 rings (SSSR count). The number of hydrogen-bond acceptors (Lipinski definition) is 5. The Morgan fingerprint density at radius 3 is 3.09 bits per heavy atom. The molecule has 120 valence electrons. The van der Waals surface area contributed by atoms with Crippen molar-refractivity contribution in [2.45, 2.75) is 49.4 Å². The van der Waals surface area contributed by atoms with Crippen molar-refractivity contribution >= 4 is 17.7 Å². The Hall–Kier alpha value is -1.04. The predicted molar refractivity (Wildman–Crippen MR) is 85.0 cm³/mol. The summed E-state index contributed by atoms with van der Waals surface area (Å²) >= 11 is 1.82. The summed E-state index contributed by atoms with van der Waals surface area (Å²) in [6.07, 6.45) is 2.36. The molecule has 0 aromatic heterocycles. The Kier molecular flexibility index (Phi) is 5.39. The van der Waals surface area contributed by atoms with Crippen molar-refractivity contribution in [3.8, 4) is 0 Å². The number of carbonyl (C=O) groups is 1. The van der Waals surface area contributed by atoms with E-state index in [0.29, 0.717) is 6.61 Å². The summed E-state index contributed by atoms with van der Waals surface area (Å²) in [5.74, 6) is 0.685. The molecule has 0 spiro atoms. The van der Waals surface area contributed by atoms with Crippen LogP contribution in [0.15, 0.2) is 29.2 Å².